The number of hydrogen-bond donors (Lipinski definition) is 1. The van der Waals surface area contributed by atoms with Crippen LogP contribution in [0.5, 0.6) is 11.5 Å². The first-order valence-corrected chi connectivity index (χ1v) is 10.7. The van der Waals surface area contributed by atoms with Gasteiger partial charge in [-0.25, -0.2) is 5.43 Å². The first-order valence-electron chi connectivity index (χ1n) is 10.4. The van der Waals surface area contributed by atoms with E-state index in [2.05, 4.69) is 17.5 Å². The van der Waals surface area contributed by atoms with E-state index in [0.717, 1.165) is 37.8 Å². The number of unbranched alkanes of at least 4 members (excludes halogenated alkanes) is 3. The molecule has 32 heavy (non-hydrogen) atoms. The number of hydrogen-bond acceptors (Lipinski definition) is 4. The van der Waals surface area contributed by atoms with Crippen molar-refractivity contribution in [2.24, 2.45) is 5.10 Å². The minimum absolute atomic E-state index is 0.307. The Morgan fingerprint density at radius 2 is 1.88 bits per heavy atom. The SMILES string of the molecule is CCCCCCOc1c(Cl)cc(C=NNC(=O)c2ccccc2C(F)(F)F)cc1OCC. The minimum Gasteiger partial charge on any atom is -0.490 e. The summed E-state index contributed by atoms with van der Waals surface area (Å²) >= 11 is 6.34. The molecule has 0 saturated carbocycles. The van der Waals surface area contributed by atoms with Gasteiger partial charge in [0, 0.05) is 0 Å². The van der Waals surface area contributed by atoms with Crippen molar-refractivity contribution in [3.05, 3.63) is 58.1 Å². The maximum atomic E-state index is 13.1. The molecule has 0 aliphatic rings. The van der Waals surface area contributed by atoms with E-state index in [1.807, 2.05) is 6.92 Å². The second-order valence-electron chi connectivity index (χ2n) is 6.91. The molecule has 174 valence electrons. The average molecular weight is 471 g/mol. The summed E-state index contributed by atoms with van der Waals surface area (Å²) in [4.78, 5) is 12.2. The fourth-order valence-electron chi connectivity index (χ4n) is 2.92. The van der Waals surface area contributed by atoms with E-state index in [-0.39, 0.29) is 0 Å². The van der Waals surface area contributed by atoms with Gasteiger partial charge in [0.05, 0.1) is 35.6 Å². The third-order valence-electron chi connectivity index (χ3n) is 4.43. The van der Waals surface area contributed by atoms with Crippen molar-refractivity contribution in [3.63, 3.8) is 0 Å². The van der Waals surface area contributed by atoms with Crippen LogP contribution in [0.2, 0.25) is 5.02 Å². The Kier molecular flexibility index (Phi) is 9.84. The highest BCUT2D eigenvalue weighted by Crippen LogP contribution is 2.36. The lowest BCUT2D eigenvalue weighted by atomic mass is 10.1. The Balaban J connectivity index is 2.11. The van der Waals surface area contributed by atoms with E-state index in [9.17, 15) is 18.0 Å². The van der Waals surface area contributed by atoms with Crippen LogP contribution in [0, 0.1) is 0 Å². The number of carbonyl (C=O) groups excluding carboxylic acids is 1. The van der Waals surface area contributed by atoms with E-state index in [1.165, 1.54) is 18.3 Å². The zero-order valence-corrected chi connectivity index (χ0v) is 18.7. The van der Waals surface area contributed by atoms with Gasteiger partial charge in [-0.3, -0.25) is 4.79 Å². The van der Waals surface area contributed by atoms with Gasteiger partial charge in [0.1, 0.15) is 0 Å². The molecule has 5 nitrogen and oxygen atoms in total. The largest absolute Gasteiger partial charge is 0.490 e. The van der Waals surface area contributed by atoms with Crippen molar-refractivity contribution in [2.75, 3.05) is 13.2 Å². The van der Waals surface area contributed by atoms with E-state index >= 15 is 0 Å². The van der Waals surface area contributed by atoms with Crippen LogP contribution in [0.25, 0.3) is 0 Å². The number of alkyl halides is 3. The second kappa shape index (κ2) is 12.3. The molecular formula is C23H26ClF3N2O3. The van der Waals surface area contributed by atoms with Crippen LogP contribution in [0.3, 0.4) is 0 Å². The fraction of sp³-hybridized carbons (Fsp3) is 0.391. The van der Waals surface area contributed by atoms with Crippen molar-refractivity contribution >= 4 is 23.7 Å². The first-order chi connectivity index (χ1) is 15.3. The van der Waals surface area contributed by atoms with Crippen molar-refractivity contribution in [2.45, 2.75) is 45.7 Å². The number of halogens is 4. The molecule has 1 amide bonds. The molecule has 0 bridgehead atoms. The fourth-order valence-corrected chi connectivity index (χ4v) is 3.20. The highest BCUT2D eigenvalue weighted by Gasteiger charge is 2.34. The van der Waals surface area contributed by atoms with Crippen LogP contribution >= 0.6 is 11.6 Å². The first kappa shape index (κ1) is 25.5. The van der Waals surface area contributed by atoms with E-state index in [0.29, 0.717) is 35.3 Å². The van der Waals surface area contributed by atoms with Gasteiger partial charge in [-0.1, -0.05) is 49.9 Å². The van der Waals surface area contributed by atoms with Crippen LogP contribution in [-0.2, 0) is 6.18 Å². The van der Waals surface area contributed by atoms with Crippen LogP contribution in [0.4, 0.5) is 13.2 Å². The normalized spacial score (nSPS) is 11.6. The molecule has 0 spiro atoms. The van der Waals surface area contributed by atoms with Gasteiger partial charge in [0.2, 0.25) is 0 Å². The summed E-state index contributed by atoms with van der Waals surface area (Å²) in [5, 5.41) is 4.07. The third-order valence-corrected chi connectivity index (χ3v) is 4.71. The molecule has 2 aromatic carbocycles. The molecule has 2 rings (SSSR count). The van der Waals surface area contributed by atoms with Crippen molar-refractivity contribution in [1.82, 2.24) is 5.43 Å². The smallest absolute Gasteiger partial charge is 0.417 e. The standard InChI is InChI=1S/C23H26ClF3N2O3/c1-3-5-6-9-12-32-21-19(24)13-16(14-20(21)31-4-2)15-28-29-22(30)17-10-7-8-11-18(17)23(25,26)27/h7-8,10-11,13-15H,3-6,9,12H2,1-2H3,(H,29,30). The number of carbonyl (C=O) groups is 1. The molecule has 9 heteroatoms. The monoisotopic (exact) mass is 470 g/mol. The number of ether oxygens (including phenoxy) is 2. The molecule has 0 aromatic heterocycles. The van der Waals surface area contributed by atoms with E-state index < -0.39 is 23.2 Å². The lowest BCUT2D eigenvalue weighted by Gasteiger charge is -2.14. The Labute approximate surface area is 190 Å². The molecule has 1 N–H and O–H groups in total. The van der Waals surface area contributed by atoms with Crippen LogP contribution in [-0.4, -0.2) is 25.3 Å². The molecular weight excluding hydrogens is 445 g/mol. The van der Waals surface area contributed by atoms with E-state index in [4.69, 9.17) is 21.1 Å². The van der Waals surface area contributed by atoms with Crippen molar-refractivity contribution in [3.8, 4) is 11.5 Å². The van der Waals surface area contributed by atoms with Gasteiger partial charge in [-0.05, 0) is 43.2 Å². The Bertz CT molecular complexity index is 933. The number of nitrogens with zero attached hydrogens (tertiary/aromatic N) is 1. The molecule has 0 atom stereocenters. The topological polar surface area (TPSA) is 59.9 Å². The van der Waals surface area contributed by atoms with Crippen molar-refractivity contribution < 1.29 is 27.4 Å². The quantitative estimate of drug-likeness (QED) is 0.232. The van der Waals surface area contributed by atoms with E-state index in [1.54, 1.807) is 12.1 Å². The summed E-state index contributed by atoms with van der Waals surface area (Å²) in [7, 11) is 0. The summed E-state index contributed by atoms with van der Waals surface area (Å²) in [5.74, 6) is -0.131. The summed E-state index contributed by atoms with van der Waals surface area (Å²) in [6, 6.07) is 7.70. The van der Waals surface area contributed by atoms with Crippen LogP contribution in [0.1, 0.15) is 61.0 Å². The highest BCUT2D eigenvalue weighted by atomic mass is 35.5. The summed E-state index contributed by atoms with van der Waals surface area (Å²) < 4.78 is 50.7. The summed E-state index contributed by atoms with van der Waals surface area (Å²) in [5.41, 5.74) is 1.05. The Hall–Kier alpha value is -2.74. The Morgan fingerprint density at radius 3 is 2.56 bits per heavy atom. The second-order valence-corrected chi connectivity index (χ2v) is 7.32. The lowest BCUT2D eigenvalue weighted by molar-refractivity contribution is -0.137. The third kappa shape index (κ3) is 7.44. The molecule has 0 heterocycles. The average Bonchev–Trinajstić information content (AvgIpc) is 2.74. The van der Waals surface area contributed by atoms with Gasteiger partial charge >= 0.3 is 6.18 Å². The minimum atomic E-state index is -4.65. The van der Waals surface area contributed by atoms with Crippen LogP contribution in [0.15, 0.2) is 41.5 Å². The number of amides is 1. The zero-order chi connectivity index (χ0) is 23.6. The molecule has 0 aliphatic carbocycles. The van der Waals surface area contributed by atoms with Gasteiger partial charge in [0.25, 0.3) is 5.91 Å². The highest BCUT2D eigenvalue weighted by molar-refractivity contribution is 6.32. The summed E-state index contributed by atoms with van der Waals surface area (Å²) in [6.07, 6.45) is 0.823. The van der Waals surface area contributed by atoms with Gasteiger partial charge in [-0.15, -0.1) is 0 Å². The summed E-state index contributed by atoms with van der Waals surface area (Å²) in [6.45, 7) is 4.83. The zero-order valence-electron chi connectivity index (χ0n) is 18.0. The maximum Gasteiger partial charge on any atom is 0.417 e. The number of nitrogens with one attached hydrogen (secondary N) is 1. The van der Waals surface area contributed by atoms with Gasteiger partial charge in [0.15, 0.2) is 11.5 Å². The molecule has 2 aromatic rings. The molecule has 0 radical (unpaired) electrons. The number of rotatable bonds is 11. The van der Waals surface area contributed by atoms with Gasteiger partial charge in [-0.2, -0.15) is 18.3 Å². The Morgan fingerprint density at radius 1 is 1.12 bits per heavy atom. The molecule has 0 saturated heterocycles. The van der Waals surface area contributed by atoms with Crippen LogP contribution < -0.4 is 14.9 Å². The predicted molar refractivity (Wildman–Crippen MR) is 119 cm³/mol. The number of benzene rings is 2. The lowest BCUT2D eigenvalue weighted by Crippen LogP contribution is -2.22. The maximum absolute atomic E-state index is 13.1. The van der Waals surface area contributed by atoms with Gasteiger partial charge < -0.3 is 9.47 Å². The molecule has 0 fully saturated rings. The predicted octanol–water partition coefficient (Wildman–Crippen LogP) is 6.48. The molecule has 0 aliphatic heterocycles. The molecule has 0 unspecified atom stereocenters. The number of hydrazone groups is 1. The van der Waals surface area contributed by atoms with Crippen molar-refractivity contribution in [1.29, 1.82) is 0 Å².